The van der Waals surface area contributed by atoms with E-state index in [9.17, 15) is 18.0 Å². The van der Waals surface area contributed by atoms with Crippen molar-refractivity contribution in [3.8, 4) is 0 Å². The van der Waals surface area contributed by atoms with Gasteiger partial charge in [0, 0.05) is 33.4 Å². The number of likely N-dealkylation sites (N-methyl/N-ethyl adjacent to an activating group) is 1. The quantitative estimate of drug-likeness (QED) is 0.672. The number of nitrogens with zero attached hydrogens (tertiary/aromatic N) is 3. The van der Waals surface area contributed by atoms with Crippen LogP contribution in [0.3, 0.4) is 0 Å². The third-order valence-electron chi connectivity index (χ3n) is 2.56. The monoisotopic (exact) mass is 290 g/mol. The lowest BCUT2D eigenvalue weighted by molar-refractivity contribution is 0.412. The molecule has 0 bridgehead atoms. The van der Waals surface area contributed by atoms with Crippen LogP contribution in [0.25, 0.3) is 0 Å². The van der Waals surface area contributed by atoms with E-state index in [1.165, 1.54) is 14.1 Å². The summed E-state index contributed by atoms with van der Waals surface area (Å²) in [5.74, 6) is 0. The van der Waals surface area contributed by atoms with Gasteiger partial charge in [0.1, 0.15) is 0 Å². The smallest absolute Gasteiger partial charge is 0.308 e. The molecule has 0 aromatic carbocycles. The Kier molecular flexibility index (Phi) is 4.66. The number of rotatable bonds is 5. The zero-order valence-corrected chi connectivity index (χ0v) is 12.2. The third-order valence-corrected chi connectivity index (χ3v) is 4.00. The average molecular weight is 290 g/mol. The fourth-order valence-electron chi connectivity index (χ4n) is 1.44. The van der Waals surface area contributed by atoms with Crippen LogP contribution in [0.4, 0.5) is 0 Å². The molecule has 0 aliphatic carbocycles. The van der Waals surface area contributed by atoms with E-state index in [-0.39, 0.29) is 6.54 Å². The highest BCUT2D eigenvalue weighted by Gasteiger charge is 2.20. The number of sulfonamides is 1. The first kappa shape index (κ1) is 15.6. The molecule has 0 fully saturated rings. The van der Waals surface area contributed by atoms with E-state index in [0.29, 0.717) is 6.54 Å². The molecule has 19 heavy (non-hydrogen) atoms. The van der Waals surface area contributed by atoms with Gasteiger partial charge < -0.3 is 9.47 Å². The molecule has 0 saturated carbocycles. The van der Waals surface area contributed by atoms with Crippen LogP contribution in [0.15, 0.2) is 20.7 Å². The molecule has 1 rings (SSSR count). The Bertz CT molecular complexity index is 672. The van der Waals surface area contributed by atoms with Gasteiger partial charge in [0.05, 0.1) is 0 Å². The maximum atomic E-state index is 12.0. The number of hydrogen-bond acceptors (Lipinski definition) is 5. The second kappa shape index (κ2) is 5.68. The van der Waals surface area contributed by atoms with Crippen molar-refractivity contribution in [1.82, 2.24) is 18.8 Å². The molecule has 0 aliphatic heterocycles. The molecule has 108 valence electrons. The first-order valence-corrected chi connectivity index (χ1v) is 7.06. The summed E-state index contributed by atoms with van der Waals surface area (Å²) in [5.41, 5.74) is -1.40. The van der Waals surface area contributed by atoms with Crippen molar-refractivity contribution in [1.29, 1.82) is 0 Å². The van der Waals surface area contributed by atoms with Crippen LogP contribution in [-0.4, -0.2) is 49.6 Å². The maximum absolute atomic E-state index is 12.0. The summed E-state index contributed by atoms with van der Waals surface area (Å²) in [6.45, 7) is 0.687. The Hall–Kier alpha value is -1.45. The topological polar surface area (TPSA) is 93.4 Å². The second-order valence-electron chi connectivity index (χ2n) is 4.45. The lowest BCUT2D eigenvalue weighted by atomic mass is 10.6. The molecule has 0 aliphatic rings. The predicted octanol–water partition coefficient (Wildman–Crippen LogP) is -2.08. The largest absolute Gasteiger partial charge is 0.330 e. The van der Waals surface area contributed by atoms with Crippen LogP contribution < -0.4 is 16.0 Å². The fraction of sp³-hybridized carbons (Fsp3) is 0.600. The van der Waals surface area contributed by atoms with Gasteiger partial charge in [-0.2, -0.15) is 0 Å². The maximum Gasteiger partial charge on any atom is 0.330 e. The standard InChI is InChI=1S/C10H18N4O4S/c1-12(2)6-5-11-19(17,18)8-7-13(3)10(16)14(4)9(8)15/h7,11H,5-6H2,1-4H3. The first-order valence-electron chi connectivity index (χ1n) is 5.58. The molecular weight excluding hydrogens is 272 g/mol. The molecule has 0 saturated heterocycles. The van der Waals surface area contributed by atoms with Crippen LogP contribution in [-0.2, 0) is 24.1 Å². The Balaban J connectivity index is 3.16. The molecular formula is C10H18N4O4S. The van der Waals surface area contributed by atoms with Crippen molar-refractivity contribution in [2.45, 2.75) is 4.90 Å². The van der Waals surface area contributed by atoms with Gasteiger partial charge in [0.15, 0.2) is 4.90 Å². The summed E-state index contributed by atoms with van der Waals surface area (Å²) in [5, 5.41) is 0. The fourth-order valence-corrected chi connectivity index (χ4v) is 2.62. The van der Waals surface area contributed by atoms with Gasteiger partial charge in [-0.25, -0.2) is 17.9 Å². The molecule has 0 atom stereocenters. The predicted molar refractivity (Wildman–Crippen MR) is 70.7 cm³/mol. The van der Waals surface area contributed by atoms with Gasteiger partial charge in [0.25, 0.3) is 5.56 Å². The summed E-state index contributed by atoms with van der Waals surface area (Å²) in [4.78, 5) is 24.7. The van der Waals surface area contributed by atoms with Crippen LogP contribution in [0.2, 0.25) is 0 Å². The van der Waals surface area contributed by atoms with E-state index >= 15 is 0 Å². The molecule has 1 heterocycles. The zero-order valence-electron chi connectivity index (χ0n) is 11.4. The number of hydrogen-bond donors (Lipinski definition) is 1. The third kappa shape index (κ3) is 3.52. The van der Waals surface area contributed by atoms with E-state index in [4.69, 9.17) is 0 Å². The summed E-state index contributed by atoms with van der Waals surface area (Å²) in [6, 6.07) is 0. The molecule has 1 aromatic heterocycles. The van der Waals surface area contributed by atoms with Gasteiger partial charge in [-0.15, -0.1) is 0 Å². The van der Waals surface area contributed by atoms with Gasteiger partial charge >= 0.3 is 5.69 Å². The van der Waals surface area contributed by atoms with Gasteiger partial charge in [-0.3, -0.25) is 9.36 Å². The minimum Gasteiger partial charge on any atom is -0.308 e. The Labute approximate surface area is 111 Å². The molecule has 9 heteroatoms. The van der Waals surface area contributed by atoms with Crippen molar-refractivity contribution in [2.75, 3.05) is 27.2 Å². The van der Waals surface area contributed by atoms with E-state index in [1.54, 1.807) is 19.0 Å². The average Bonchev–Trinajstić information content (AvgIpc) is 2.30. The van der Waals surface area contributed by atoms with Crippen molar-refractivity contribution < 1.29 is 8.42 Å². The normalized spacial score (nSPS) is 12.1. The zero-order chi connectivity index (χ0) is 14.8. The number of nitrogens with one attached hydrogen (secondary N) is 1. The molecule has 1 aromatic rings. The minimum atomic E-state index is -3.92. The highest BCUT2D eigenvalue weighted by atomic mass is 32.2. The highest BCUT2D eigenvalue weighted by Crippen LogP contribution is 1.99. The lowest BCUT2D eigenvalue weighted by Gasteiger charge is -2.11. The van der Waals surface area contributed by atoms with Crippen LogP contribution >= 0.6 is 0 Å². The second-order valence-corrected chi connectivity index (χ2v) is 6.19. The van der Waals surface area contributed by atoms with Crippen LogP contribution in [0.5, 0.6) is 0 Å². The Morgan fingerprint density at radius 1 is 1.26 bits per heavy atom. The minimum absolute atomic E-state index is 0.182. The molecule has 0 amide bonds. The van der Waals surface area contributed by atoms with Crippen LogP contribution in [0.1, 0.15) is 0 Å². The van der Waals surface area contributed by atoms with E-state index in [2.05, 4.69) is 4.72 Å². The van der Waals surface area contributed by atoms with E-state index < -0.39 is 26.2 Å². The Morgan fingerprint density at radius 2 is 1.84 bits per heavy atom. The van der Waals surface area contributed by atoms with Crippen molar-refractivity contribution in [2.24, 2.45) is 14.1 Å². The van der Waals surface area contributed by atoms with Crippen molar-refractivity contribution in [3.05, 3.63) is 27.0 Å². The van der Waals surface area contributed by atoms with E-state index in [0.717, 1.165) is 15.3 Å². The summed E-state index contributed by atoms with van der Waals surface area (Å²) < 4.78 is 28.1. The molecule has 1 N–H and O–H groups in total. The Morgan fingerprint density at radius 3 is 2.37 bits per heavy atom. The number of aromatic nitrogens is 2. The summed E-state index contributed by atoms with van der Waals surface area (Å²) in [7, 11) is 2.32. The van der Waals surface area contributed by atoms with Gasteiger partial charge in [-0.05, 0) is 14.1 Å². The molecule has 8 nitrogen and oxygen atoms in total. The highest BCUT2D eigenvalue weighted by molar-refractivity contribution is 7.89. The SMILES string of the molecule is CN(C)CCNS(=O)(=O)c1cn(C)c(=O)n(C)c1=O. The van der Waals surface area contributed by atoms with E-state index in [1.807, 2.05) is 0 Å². The van der Waals surface area contributed by atoms with Crippen molar-refractivity contribution >= 4 is 10.0 Å². The molecule has 0 spiro atoms. The van der Waals surface area contributed by atoms with Gasteiger partial charge in [0.2, 0.25) is 10.0 Å². The summed E-state index contributed by atoms with van der Waals surface area (Å²) in [6.07, 6.45) is 1.03. The number of aryl methyl sites for hydroxylation is 1. The van der Waals surface area contributed by atoms with Crippen LogP contribution in [0, 0.1) is 0 Å². The van der Waals surface area contributed by atoms with Crippen molar-refractivity contribution in [3.63, 3.8) is 0 Å². The van der Waals surface area contributed by atoms with Gasteiger partial charge in [-0.1, -0.05) is 0 Å². The first-order chi connectivity index (χ1) is 8.66. The summed E-state index contributed by atoms with van der Waals surface area (Å²) >= 11 is 0. The lowest BCUT2D eigenvalue weighted by Crippen LogP contribution is -2.42. The molecule has 0 unspecified atom stereocenters. The molecule has 0 radical (unpaired) electrons.